The van der Waals surface area contributed by atoms with Crippen LogP contribution in [0.3, 0.4) is 0 Å². The lowest BCUT2D eigenvalue weighted by Gasteiger charge is -2.05. The summed E-state index contributed by atoms with van der Waals surface area (Å²) in [5.41, 5.74) is -1.46. The minimum Gasteiger partial charge on any atom is -0.504 e. The van der Waals surface area contributed by atoms with Crippen molar-refractivity contribution in [2.24, 2.45) is 0 Å². The number of halogens is 1. The van der Waals surface area contributed by atoms with E-state index in [4.69, 9.17) is 16.0 Å². The highest BCUT2D eigenvalue weighted by Gasteiger charge is 2.22. The van der Waals surface area contributed by atoms with E-state index in [1.54, 1.807) is 0 Å². The molecule has 3 aromatic rings. The van der Waals surface area contributed by atoms with Crippen molar-refractivity contribution in [2.75, 3.05) is 0 Å². The zero-order chi connectivity index (χ0) is 16.7. The highest BCUT2D eigenvalue weighted by Crippen LogP contribution is 2.38. The highest BCUT2D eigenvalue weighted by molar-refractivity contribution is 6.31. The molecule has 1 aromatic heterocycles. The van der Waals surface area contributed by atoms with Crippen molar-refractivity contribution in [2.45, 2.75) is 0 Å². The van der Waals surface area contributed by atoms with E-state index in [2.05, 4.69) is 4.98 Å². The van der Waals surface area contributed by atoms with Gasteiger partial charge in [-0.15, -0.1) is 0 Å². The smallest absolute Gasteiger partial charge is 0.363 e. The second kappa shape index (κ2) is 5.25. The summed E-state index contributed by atoms with van der Waals surface area (Å²) in [4.78, 5) is 26.1. The summed E-state index contributed by atoms with van der Waals surface area (Å²) in [6.07, 6.45) is 0. The zero-order valence-electron chi connectivity index (χ0n) is 11.2. The monoisotopic (exact) mass is 334 g/mol. The average Bonchev–Trinajstić information content (AvgIpc) is 2.49. The van der Waals surface area contributed by atoms with Gasteiger partial charge in [0, 0.05) is 16.7 Å². The molecule has 116 valence electrons. The second-order valence-corrected chi connectivity index (χ2v) is 5.02. The third-order valence-corrected chi connectivity index (χ3v) is 3.32. The fraction of sp³-hybridized carbons (Fsp3) is 0. The lowest BCUT2D eigenvalue weighted by Crippen LogP contribution is -2.06. The molecule has 2 aromatic carbocycles. The number of nitrogens with zero attached hydrogens (tertiary/aromatic N) is 2. The summed E-state index contributed by atoms with van der Waals surface area (Å²) in [6, 6.07) is 6.35. The molecule has 0 saturated heterocycles. The van der Waals surface area contributed by atoms with Crippen LogP contribution in [0.25, 0.3) is 22.4 Å². The fourth-order valence-corrected chi connectivity index (χ4v) is 2.21. The zero-order valence-corrected chi connectivity index (χ0v) is 11.9. The molecule has 0 radical (unpaired) electrons. The Bertz CT molecular complexity index is 1010. The van der Waals surface area contributed by atoms with Crippen LogP contribution in [0.1, 0.15) is 0 Å². The molecular formula is C14H7ClN2O6. The molecule has 8 nitrogen and oxygen atoms in total. The number of phenolic OH excluding ortho intramolecular Hbond substituents is 2. The first-order chi connectivity index (χ1) is 10.9. The Labute approximate surface area is 132 Å². The van der Waals surface area contributed by atoms with Gasteiger partial charge in [0.15, 0.2) is 17.0 Å². The number of hydrogen-bond acceptors (Lipinski definition) is 7. The van der Waals surface area contributed by atoms with E-state index in [0.29, 0.717) is 5.02 Å². The van der Waals surface area contributed by atoms with Gasteiger partial charge in [-0.3, -0.25) is 10.1 Å². The Hall–Kier alpha value is -3.13. The van der Waals surface area contributed by atoms with E-state index in [0.717, 1.165) is 12.1 Å². The molecule has 0 aliphatic rings. The molecule has 0 atom stereocenters. The van der Waals surface area contributed by atoms with Gasteiger partial charge in [-0.25, -0.2) is 9.78 Å². The number of hydrogen-bond donors (Lipinski definition) is 2. The lowest BCUT2D eigenvalue weighted by atomic mass is 10.1. The van der Waals surface area contributed by atoms with Gasteiger partial charge in [-0.1, -0.05) is 11.6 Å². The van der Waals surface area contributed by atoms with Crippen molar-refractivity contribution in [3.8, 4) is 22.8 Å². The summed E-state index contributed by atoms with van der Waals surface area (Å²) in [6.45, 7) is 0. The molecule has 0 bridgehead atoms. The minimum atomic E-state index is -0.896. The average molecular weight is 335 g/mol. The molecular weight excluding hydrogens is 328 g/mol. The Morgan fingerprint density at radius 2 is 1.96 bits per heavy atom. The number of phenols is 2. The van der Waals surface area contributed by atoms with Gasteiger partial charge >= 0.3 is 11.3 Å². The summed E-state index contributed by atoms with van der Waals surface area (Å²) in [7, 11) is 0. The number of aromatic nitrogens is 1. The number of aromatic hydroxyl groups is 2. The highest BCUT2D eigenvalue weighted by atomic mass is 35.5. The van der Waals surface area contributed by atoms with Crippen LogP contribution in [-0.4, -0.2) is 20.1 Å². The third-order valence-electron chi connectivity index (χ3n) is 3.09. The van der Waals surface area contributed by atoms with Crippen LogP contribution in [0.4, 0.5) is 5.69 Å². The van der Waals surface area contributed by atoms with Crippen molar-refractivity contribution >= 4 is 28.4 Å². The lowest BCUT2D eigenvalue weighted by molar-refractivity contribution is -0.385. The van der Waals surface area contributed by atoms with Crippen LogP contribution < -0.4 is 5.63 Å². The first kappa shape index (κ1) is 14.8. The summed E-state index contributed by atoms with van der Waals surface area (Å²) in [5.74, 6) is -1.64. The maximum absolute atomic E-state index is 12.0. The maximum atomic E-state index is 12.0. The molecule has 0 aliphatic carbocycles. The van der Waals surface area contributed by atoms with Gasteiger partial charge in [0.1, 0.15) is 5.52 Å². The molecule has 1 heterocycles. The standard InChI is InChI=1S/C14H7ClN2O6/c15-7-1-2-11-8(5-7)16-12(14(20)23-11)6-3-9(17(21)22)13(19)10(18)4-6/h1-5,18-19H. The van der Waals surface area contributed by atoms with E-state index < -0.39 is 27.7 Å². The van der Waals surface area contributed by atoms with E-state index in [9.17, 15) is 25.1 Å². The van der Waals surface area contributed by atoms with E-state index >= 15 is 0 Å². The van der Waals surface area contributed by atoms with Crippen LogP contribution in [-0.2, 0) is 0 Å². The molecule has 9 heteroatoms. The van der Waals surface area contributed by atoms with Gasteiger partial charge in [0.25, 0.3) is 0 Å². The maximum Gasteiger partial charge on any atom is 0.363 e. The van der Waals surface area contributed by atoms with Crippen LogP contribution in [0, 0.1) is 10.1 Å². The molecule has 0 unspecified atom stereocenters. The van der Waals surface area contributed by atoms with Crippen molar-refractivity contribution in [3.63, 3.8) is 0 Å². The Balaban J connectivity index is 2.30. The molecule has 0 aliphatic heterocycles. The SMILES string of the molecule is O=c1oc2ccc(Cl)cc2nc1-c1cc(O)c(O)c([N+](=O)[O-])c1. The molecule has 0 saturated carbocycles. The minimum absolute atomic E-state index is 0.0670. The molecule has 0 amide bonds. The Morgan fingerprint density at radius 3 is 2.65 bits per heavy atom. The third kappa shape index (κ3) is 2.55. The Morgan fingerprint density at radius 1 is 1.22 bits per heavy atom. The summed E-state index contributed by atoms with van der Waals surface area (Å²) in [5, 5.41) is 30.3. The normalized spacial score (nSPS) is 10.8. The molecule has 3 rings (SSSR count). The van der Waals surface area contributed by atoms with Crippen LogP contribution in [0.2, 0.25) is 5.02 Å². The quantitative estimate of drug-likeness (QED) is 0.419. The van der Waals surface area contributed by atoms with Crippen molar-refractivity contribution < 1.29 is 19.6 Å². The van der Waals surface area contributed by atoms with E-state index in [1.165, 1.54) is 18.2 Å². The number of nitro benzene ring substituents is 1. The number of nitro groups is 1. The second-order valence-electron chi connectivity index (χ2n) is 4.58. The summed E-state index contributed by atoms with van der Waals surface area (Å²) >= 11 is 5.85. The topological polar surface area (TPSA) is 127 Å². The first-order valence-corrected chi connectivity index (χ1v) is 6.56. The molecule has 23 heavy (non-hydrogen) atoms. The molecule has 0 fully saturated rings. The van der Waals surface area contributed by atoms with Crippen molar-refractivity contribution in [1.82, 2.24) is 4.98 Å². The van der Waals surface area contributed by atoms with Crippen molar-refractivity contribution in [3.05, 3.63) is 55.9 Å². The van der Waals surface area contributed by atoms with Crippen LogP contribution >= 0.6 is 11.6 Å². The van der Waals surface area contributed by atoms with Crippen molar-refractivity contribution in [1.29, 1.82) is 0 Å². The largest absolute Gasteiger partial charge is 0.504 e. The predicted octanol–water partition coefficient (Wildman–Crippen LogP) is 2.83. The van der Waals surface area contributed by atoms with Gasteiger partial charge in [-0.2, -0.15) is 0 Å². The van der Waals surface area contributed by atoms with Gasteiger partial charge in [0.2, 0.25) is 5.75 Å². The first-order valence-electron chi connectivity index (χ1n) is 6.18. The predicted molar refractivity (Wildman–Crippen MR) is 80.7 cm³/mol. The van der Waals surface area contributed by atoms with Gasteiger partial charge < -0.3 is 14.6 Å². The Kier molecular flexibility index (Phi) is 3.38. The molecule has 0 spiro atoms. The van der Waals surface area contributed by atoms with Crippen LogP contribution in [0.5, 0.6) is 11.5 Å². The van der Waals surface area contributed by atoms with Crippen LogP contribution in [0.15, 0.2) is 39.5 Å². The summed E-state index contributed by atoms with van der Waals surface area (Å²) < 4.78 is 5.08. The fourth-order valence-electron chi connectivity index (χ4n) is 2.04. The van der Waals surface area contributed by atoms with Gasteiger partial charge in [0.05, 0.1) is 4.92 Å². The number of rotatable bonds is 2. The van der Waals surface area contributed by atoms with E-state index in [-0.39, 0.29) is 22.4 Å². The number of benzene rings is 2. The number of fused-ring (bicyclic) bond motifs is 1. The van der Waals surface area contributed by atoms with E-state index in [1.807, 2.05) is 0 Å². The van der Waals surface area contributed by atoms with Gasteiger partial charge in [-0.05, 0) is 24.3 Å². The molecule has 2 N–H and O–H groups in total.